The van der Waals surface area contributed by atoms with Gasteiger partial charge in [0.05, 0.1) is 24.3 Å². The van der Waals surface area contributed by atoms with Crippen molar-refractivity contribution in [2.24, 2.45) is 0 Å². The minimum atomic E-state index is 0.0568. The first-order valence-electron chi connectivity index (χ1n) is 13.2. The second-order valence-corrected chi connectivity index (χ2v) is 10.3. The van der Waals surface area contributed by atoms with Crippen molar-refractivity contribution in [1.29, 1.82) is 0 Å². The molecule has 2 aliphatic rings. The van der Waals surface area contributed by atoms with Gasteiger partial charge >= 0.3 is 0 Å². The van der Waals surface area contributed by atoms with Crippen LogP contribution in [0.2, 0.25) is 0 Å². The SMILES string of the molecule is CC(C)c1ccccc1-c1ncc2c(n1)N(Cc1ccc(-n3ccc(C4CCNCC4)n3)cc1)C(=O)C2. The molecule has 7 heteroatoms. The van der Waals surface area contributed by atoms with Crippen molar-refractivity contribution in [2.75, 3.05) is 18.0 Å². The molecule has 2 aromatic heterocycles. The third-order valence-corrected chi connectivity index (χ3v) is 7.47. The van der Waals surface area contributed by atoms with E-state index in [9.17, 15) is 4.79 Å². The molecule has 0 aliphatic carbocycles. The first-order valence-corrected chi connectivity index (χ1v) is 13.2. The van der Waals surface area contributed by atoms with Gasteiger partial charge in [-0.15, -0.1) is 0 Å². The molecular weight excluding hydrogens is 460 g/mol. The minimum Gasteiger partial charge on any atom is -0.317 e. The number of fused-ring (bicyclic) bond motifs is 1. The number of piperidine rings is 1. The predicted molar refractivity (Wildman–Crippen MR) is 145 cm³/mol. The monoisotopic (exact) mass is 492 g/mol. The van der Waals surface area contributed by atoms with E-state index in [0.717, 1.165) is 54.1 Å². The topological polar surface area (TPSA) is 75.9 Å². The number of benzene rings is 2. The largest absolute Gasteiger partial charge is 0.317 e. The smallest absolute Gasteiger partial charge is 0.233 e. The molecule has 4 aromatic rings. The molecule has 1 saturated heterocycles. The summed E-state index contributed by atoms with van der Waals surface area (Å²) in [6.07, 6.45) is 6.46. The Hall–Kier alpha value is -3.84. The van der Waals surface area contributed by atoms with Crippen molar-refractivity contribution < 1.29 is 4.79 Å². The fourth-order valence-corrected chi connectivity index (χ4v) is 5.38. The maximum atomic E-state index is 12.9. The van der Waals surface area contributed by atoms with E-state index in [1.807, 2.05) is 29.2 Å². The van der Waals surface area contributed by atoms with Gasteiger partial charge in [0.2, 0.25) is 5.91 Å². The van der Waals surface area contributed by atoms with Crippen LogP contribution >= 0.6 is 0 Å². The number of hydrogen-bond donors (Lipinski definition) is 1. The summed E-state index contributed by atoms with van der Waals surface area (Å²) in [5.74, 6) is 2.33. The lowest BCUT2D eigenvalue weighted by Crippen LogP contribution is -2.27. The van der Waals surface area contributed by atoms with Gasteiger partial charge in [0.25, 0.3) is 0 Å². The molecule has 188 valence electrons. The normalized spacial score (nSPS) is 16.0. The van der Waals surface area contributed by atoms with E-state index in [2.05, 4.69) is 66.6 Å². The molecule has 4 heterocycles. The van der Waals surface area contributed by atoms with Gasteiger partial charge in [-0.3, -0.25) is 9.69 Å². The summed E-state index contributed by atoms with van der Waals surface area (Å²) in [5, 5.41) is 8.26. The number of anilines is 1. The van der Waals surface area contributed by atoms with Crippen LogP contribution in [0.25, 0.3) is 17.1 Å². The molecule has 1 amide bonds. The molecule has 0 atom stereocenters. The van der Waals surface area contributed by atoms with Gasteiger partial charge in [-0.2, -0.15) is 5.10 Å². The third kappa shape index (κ3) is 4.67. The lowest BCUT2D eigenvalue weighted by molar-refractivity contribution is -0.117. The van der Waals surface area contributed by atoms with Crippen molar-refractivity contribution in [3.63, 3.8) is 0 Å². The summed E-state index contributed by atoms with van der Waals surface area (Å²) in [6, 6.07) is 18.7. The standard InChI is InChI=1S/C30H32N6O/c1-20(2)25-5-3-4-6-26(25)29-32-18-23-17-28(37)35(30(23)33-29)19-21-7-9-24(10-8-21)36-16-13-27(34-36)22-11-14-31-15-12-22/h3-10,13,16,18,20,22,31H,11-12,14-15,17,19H2,1-2H3. The first-order chi connectivity index (χ1) is 18.1. The van der Waals surface area contributed by atoms with Gasteiger partial charge in [0.15, 0.2) is 5.82 Å². The van der Waals surface area contributed by atoms with Crippen LogP contribution in [0.5, 0.6) is 0 Å². The summed E-state index contributed by atoms with van der Waals surface area (Å²) in [7, 11) is 0. The molecule has 0 spiro atoms. The first kappa shape index (κ1) is 23.6. The summed E-state index contributed by atoms with van der Waals surface area (Å²) in [5.41, 5.74) is 6.35. The van der Waals surface area contributed by atoms with E-state index in [-0.39, 0.29) is 5.91 Å². The Labute approximate surface area is 217 Å². The molecule has 2 aliphatic heterocycles. The van der Waals surface area contributed by atoms with Crippen LogP contribution in [-0.4, -0.2) is 38.7 Å². The van der Waals surface area contributed by atoms with Gasteiger partial charge in [0.1, 0.15) is 5.82 Å². The summed E-state index contributed by atoms with van der Waals surface area (Å²) >= 11 is 0. The minimum absolute atomic E-state index is 0.0568. The van der Waals surface area contributed by atoms with Crippen molar-refractivity contribution >= 4 is 11.7 Å². The van der Waals surface area contributed by atoms with Crippen LogP contribution < -0.4 is 10.2 Å². The van der Waals surface area contributed by atoms with Crippen molar-refractivity contribution in [3.05, 3.63) is 89.4 Å². The number of hydrogen-bond acceptors (Lipinski definition) is 5. The highest BCUT2D eigenvalue weighted by molar-refractivity contribution is 6.00. The number of carbonyl (C=O) groups is 1. The Balaban J connectivity index is 1.22. The van der Waals surface area contributed by atoms with E-state index in [4.69, 9.17) is 10.1 Å². The van der Waals surface area contributed by atoms with Crippen LogP contribution in [-0.2, 0) is 17.8 Å². The second kappa shape index (κ2) is 9.90. The number of carbonyl (C=O) groups excluding carboxylic acids is 1. The molecule has 7 nitrogen and oxygen atoms in total. The molecule has 0 radical (unpaired) electrons. The number of rotatable bonds is 6. The fourth-order valence-electron chi connectivity index (χ4n) is 5.38. The zero-order chi connectivity index (χ0) is 25.4. The van der Waals surface area contributed by atoms with Gasteiger partial charge in [-0.1, -0.05) is 50.2 Å². The second-order valence-electron chi connectivity index (χ2n) is 10.3. The lowest BCUT2D eigenvalue weighted by Gasteiger charge is -2.20. The van der Waals surface area contributed by atoms with E-state index in [1.165, 1.54) is 11.3 Å². The zero-order valence-electron chi connectivity index (χ0n) is 21.4. The van der Waals surface area contributed by atoms with Crippen molar-refractivity contribution in [2.45, 2.75) is 51.5 Å². The molecule has 1 fully saturated rings. The van der Waals surface area contributed by atoms with Crippen LogP contribution in [0.15, 0.2) is 67.0 Å². The number of nitrogens with one attached hydrogen (secondary N) is 1. The molecular formula is C30H32N6O. The molecule has 0 bridgehead atoms. The maximum Gasteiger partial charge on any atom is 0.233 e. The Kier molecular flexibility index (Phi) is 6.30. The van der Waals surface area contributed by atoms with Crippen LogP contribution in [0.1, 0.15) is 60.9 Å². The molecule has 0 unspecified atom stereocenters. The molecule has 6 rings (SSSR count). The molecule has 1 N–H and O–H groups in total. The van der Waals surface area contributed by atoms with Gasteiger partial charge in [-0.25, -0.2) is 14.6 Å². The Morgan fingerprint density at radius 2 is 1.81 bits per heavy atom. The Morgan fingerprint density at radius 3 is 2.59 bits per heavy atom. The number of aromatic nitrogens is 4. The summed E-state index contributed by atoms with van der Waals surface area (Å²) in [4.78, 5) is 24.2. The molecule has 0 saturated carbocycles. The highest BCUT2D eigenvalue weighted by Crippen LogP contribution is 2.33. The van der Waals surface area contributed by atoms with Gasteiger partial charge in [0, 0.05) is 29.4 Å². The zero-order valence-corrected chi connectivity index (χ0v) is 21.4. The van der Waals surface area contributed by atoms with E-state index < -0.39 is 0 Å². The molecule has 37 heavy (non-hydrogen) atoms. The lowest BCUT2D eigenvalue weighted by atomic mass is 9.95. The van der Waals surface area contributed by atoms with E-state index in [0.29, 0.717) is 30.6 Å². The Bertz CT molecular complexity index is 1420. The number of amides is 1. The fraction of sp³-hybridized carbons (Fsp3) is 0.333. The van der Waals surface area contributed by atoms with Crippen molar-refractivity contribution in [1.82, 2.24) is 25.1 Å². The van der Waals surface area contributed by atoms with Crippen LogP contribution in [0, 0.1) is 0 Å². The van der Waals surface area contributed by atoms with Gasteiger partial charge in [-0.05, 0) is 61.2 Å². The van der Waals surface area contributed by atoms with E-state index >= 15 is 0 Å². The van der Waals surface area contributed by atoms with Crippen LogP contribution in [0.4, 0.5) is 5.82 Å². The molecule has 2 aromatic carbocycles. The van der Waals surface area contributed by atoms with E-state index in [1.54, 1.807) is 4.90 Å². The summed E-state index contributed by atoms with van der Waals surface area (Å²) < 4.78 is 1.95. The predicted octanol–water partition coefficient (Wildman–Crippen LogP) is 5.01. The van der Waals surface area contributed by atoms with Gasteiger partial charge < -0.3 is 5.32 Å². The maximum absolute atomic E-state index is 12.9. The third-order valence-electron chi connectivity index (χ3n) is 7.47. The summed E-state index contributed by atoms with van der Waals surface area (Å²) in [6.45, 7) is 6.93. The highest BCUT2D eigenvalue weighted by Gasteiger charge is 2.30. The quantitative estimate of drug-likeness (QED) is 0.410. The van der Waals surface area contributed by atoms with Crippen LogP contribution in [0.3, 0.4) is 0 Å². The number of nitrogens with zero attached hydrogens (tertiary/aromatic N) is 5. The van der Waals surface area contributed by atoms with Crippen molar-refractivity contribution in [3.8, 4) is 17.1 Å². The average molecular weight is 493 g/mol. The average Bonchev–Trinajstić information content (AvgIpc) is 3.54. The Morgan fingerprint density at radius 1 is 1.03 bits per heavy atom. The highest BCUT2D eigenvalue weighted by atomic mass is 16.2.